The number of allylic oxidation sites excluding steroid dienone is 2. The Balaban J connectivity index is 1.36. The van der Waals surface area contributed by atoms with E-state index in [0.29, 0.717) is 17.9 Å². The molecule has 4 amide bonds. The quantitative estimate of drug-likeness (QED) is 0.649. The summed E-state index contributed by atoms with van der Waals surface area (Å²) < 4.78 is 0. The van der Waals surface area contributed by atoms with Crippen LogP contribution in [0.3, 0.4) is 0 Å². The van der Waals surface area contributed by atoms with Gasteiger partial charge in [0.25, 0.3) is 0 Å². The van der Waals surface area contributed by atoms with Gasteiger partial charge in [0, 0.05) is 19.6 Å². The molecule has 1 aliphatic carbocycles. The molecular weight excluding hydrogens is 468 g/mol. The van der Waals surface area contributed by atoms with Crippen molar-refractivity contribution < 1.29 is 19.5 Å². The molecule has 2 heterocycles. The van der Waals surface area contributed by atoms with Gasteiger partial charge in [0.05, 0.1) is 24.0 Å². The van der Waals surface area contributed by atoms with E-state index in [0.717, 1.165) is 31.3 Å². The third kappa shape index (κ3) is 5.09. The summed E-state index contributed by atoms with van der Waals surface area (Å²) in [6.45, 7) is 0.954. The summed E-state index contributed by atoms with van der Waals surface area (Å²) in [5.74, 6) is -1.11. The number of rotatable bonds is 4. The Morgan fingerprint density at radius 2 is 1.51 bits per heavy atom. The molecule has 2 aromatic rings. The summed E-state index contributed by atoms with van der Waals surface area (Å²) in [6.07, 6.45) is 10.1. The zero-order valence-electron chi connectivity index (χ0n) is 20.8. The van der Waals surface area contributed by atoms with Gasteiger partial charge in [0.15, 0.2) is 0 Å². The highest BCUT2D eigenvalue weighted by Crippen LogP contribution is 2.30. The van der Waals surface area contributed by atoms with Crippen molar-refractivity contribution in [2.75, 3.05) is 31.1 Å². The van der Waals surface area contributed by atoms with E-state index >= 15 is 0 Å². The van der Waals surface area contributed by atoms with Crippen LogP contribution < -0.4 is 4.90 Å². The average Bonchev–Trinajstić information content (AvgIpc) is 3.44. The number of likely N-dealkylation sites (tertiary alicyclic amines) is 1. The maximum absolute atomic E-state index is 13.8. The topological polar surface area (TPSA) is 84.4 Å². The second-order valence-corrected chi connectivity index (χ2v) is 9.60. The zero-order valence-corrected chi connectivity index (χ0v) is 20.8. The number of para-hydroxylation sites is 2. The number of piperazine rings is 1. The Hall–Kier alpha value is -4.07. The third-order valence-electron chi connectivity index (χ3n) is 7.31. The first kappa shape index (κ1) is 24.6. The van der Waals surface area contributed by atoms with Crippen LogP contribution in [0.15, 0.2) is 84.5 Å². The van der Waals surface area contributed by atoms with Crippen LogP contribution in [0.4, 0.5) is 21.0 Å². The molecule has 37 heavy (non-hydrogen) atoms. The van der Waals surface area contributed by atoms with Gasteiger partial charge in [-0.3, -0.25) is 4.90 Å². The fraction of sp³-hybridized carbons (Fsp3) is 0.345. The summed E-state index contributed by atoms with van der Waals surface area (Å²) in [6, 6.07) is 16.9. The van der Waals surface area contributed by atoms with Crippen molar-refractivity contribution in [1.29, 1.82) is 0 Å². The maximum atomic E-state index is 13.8. The first-order valence-electron chi connectivity index (χ1n) is 12.9. The molecule has 3 aliphatic rings. The third-order valence-corrected chi connectivity index (χ3v) is 7.31. The molecule has 0 radical (unpaired) electrons. The molecule has 0 unspecified atom stereocenters. The van der Waals surface area contributed by atoms with Crippen molar-refractivity contribution in [1.82, 2.24) is 14.7 Å². The number of urea groups is 2. The molecule has 8 nitrogen and oxygen atoms in total. The molecule has 2 aromatic carbocycles. The van der Waals surface area contributed by atoms with Gasteiger partial charge in [0.1, 0.15) is 6.04 Å². The number of nitrogens with zero attached hydrogens (tertiary/aromatic N) is 4. The van der Waals surface area contributed by atoms with Crippen molar-refractivity contribution in [3.8, 4) is 0 Å². The monoisotopic (exact) mass is 500 g/mol. The lowest BCUT2D eigenvalue weighted by Crippen LogP contribution is -2.63. The molecule has 2 atom stereocenters. The normalized spacial score (nSPS) is 21.5. The fourth-order valence-corrected chi connectivity index (χ4v) is 5.45. The lowest BCUT2D eigenvalue weighted by atomic mass is 9.98. The molecular formula is C29H32N4O4. The van der Waals surface area contributed by atoms with Crippen molar-refractivity contribution in [3.63, 3.8) is 0 Å². The molecule has 1 N–H and O–H groups in total. The number of carbonyl (C=O) groups is 3. The van der Waals surface area contributed by atoms with Gasteiger partial charge >= 0.3 is 18.0 Å². The fourth-order valence-electron chi connectivity index (χ4n) is 5.45. The molecule has 0 bridgehead atoms. The van der Waals surface area contributed by atoms with E-state index in [1.54, 1.807) is 4.90 Å². The lowest BCUT2D eigenvalue weighted by Gasteiger charge is -2.43. The van der Waals surface area contributed by atoms with Crippen LogP contribution in [0.5, 0.6) is 0 Å². The van der Waals surface area contributed by atoms with Crippen molar-refractivity contribution in [3.05, 3.63) is 84.5 Å². The van der Waals surface area contributed by atoms with Crippen LogP contribution in [0.2, 0.25) is 0 Å². The molecule has 0 aromatic heterocycles. The minimum atomic E-state index is -1.12. The standard InChI is InChI=1S/C29H32N4O4/c34-27(35)26-21-30(28(36)33(23-13-6-2-7-14-23)24-15-8-3-9-16-24)19-20-32(26)29(37)31-18-10-17-25(31)22-11-4-1-5-12-22/h2-4,6-9,11-16,25-26H,1,5,10,17-21H2,(H,34,35)/t25-,26-/m0/s1. The van der Waals surface area contributed by atoms with E-state index in [1.165, 1.54) is 9.80 Å². The molecule has 0 spiro atoms. The van der Waals surface area contributed by atoms with E-state index in [4.69, 9.17) is 0 Å². The number of anilines is 2. The molecule has 2 fully saturated rings. The van der Waals surface area contributed by atoms with Crippen LogP contribution in [0.25, 0.3) is 0 Å². The van der Waals surface area contributed by atoms with Gasteiger partial charge in [0.2, 0.25) is 0 Å². The Bertz CT molecular complexity index is 1160. The van der Waals surface area contributed by atoms with Crippen molar-refractivity contribution >= 4 is 29.4 Å². The van der Waals surface area contributed by atoms with E-state index in [-0.39, 0.29) is 37.7 Å². The van der Waals surface area contributed by atoms with E-state index < -0.39 is 12.0 Å². The molecule has 8 heteroatoms. The van der Waals surface area contributed by atoms with Crippen LogP contribution >= 0.6 is 0 Å². The summed E-state index contributed by atoms with van der Waals surface area (Å²) >= 11 is 0. The highest BCUT2D eigenvalue weighted by atomic mass is 16.4. The number of hydrogen-bond donors (Lipinski definition) is 1. The number of hydrogen-bond acceptors (Lipinski definition) is 3. The van der Waals surface area contributed by atoms with Gasteiger partial charge in [-0.15, -0.1) is 0 Å². The molecule has 192 valence electrons. The smallest absolute Gasteiger partial charge is 0.329 e. The van der Waals surface area contributed by atoms with Crippen LogP contribution in [-0.4, -0.2) is 76.1 Å². The van der Waals surface area contributed by atoms with Gasteiger partial charge in [-0.1, -0.05) is 54.6 Å². The minimum absolute atomic E-state index is 0.0233. The van der Waals surface area contributed by atoms with Crippen molar-refractivity contribution in [2.45, 2.75) is 37.8 Å². The second kappa shape index (κ2) is 10.9. The molecule has 5 rings (SSSR count). The van der Waals surface area contributed by atoms with Crippen molar-refractivity contribution in [2.24, 2.45) is 0 Å². The summed E-state index contributed by atoms with van der Waals surface area (Å²) in [7, 11) is 0. The van der Waals surface area contributed by atoms with Gasteiger partial charge in [-0.05, 0) is 55.5 Å². The number of carboxylic acid groups (broad SMARTS) is 1. The van der Waals surface area contributed by atoms with E-state index in [2.05, 4.69) is 18.2 Å². The summed E-state index contributed by atoms with van der Waals surface area (Å²) in [5, 5.41) is 10.1. The van der Waals surface area contributed by atoms with Crippen LogP contribution in [-0.2, 0) is 4.79 Å². The van der Waals surface area contributed by atoms with Crippen LogP contribution in [0.1, 0.15) is 25.7 Å². The van der Waals surface area contributed by atoms with Gasteiger partial charge in [-0.25, -0.2) is 14.4 Å². The predicted molar refractivity (Wildman–Crippen MR) is 142 cm³/mol. The zero-order chi connectivity index (χ0) is 25.8. The largest absolute Gasteiger partial charge is 0.480 e. The number of carboxylic acids is 1. The van der Waals surface area contributed by atoms with E-state index in [9.17, 15) is 19.5 Å². The Morgan fingerprint density at radius 1 is 0.838 bits per heavy atom. The van der Waals surface area contributed by atoms with Gasteiger partial charge < -0.3 is 19.8 Å². The lowest BCUT2D eigenvalue weighted by molar-refractivity contribution is -0.144. The number of amides is 4. The Morgan fingerprint density at radius 3 is 2.11 bits per heavy atom. The molecule has 2 aliphatic heterocycles. The van der Waals surface area contributed by atoms with E-state index in [1.807, 2.05) is 65.6 Å². The number of aliphatic carboxylic acids is 1. The predicted octanol–water partition coefficient (Wildman–Crippen LogP) is 4.88. The van der Waals surface area contributed by atoms with Gasteiger partial charge in [-0.2, -0.15) is 0 Å². The van der Waals surface area contributed by atoms with Crippen LogP contribution in [0, 0.1) is 0 Å². The second-order valence-electron chi connectivity index (χ2n) is 9.60. The Labute approximate surface area is 217 Å². The first-order chi connectivity index (χ1) is 18.0. The first-order valence-corrected chi connectivity index (χ1v) is 12.9. The summed E-state index contributed by atoms with van der Waals surface area (Å²) in [5.41, 5.74) is 2.52. The number of benzene rings is 2. The molecule has 0 saturated carbocycles. The maximum Gasteiger partial charge on any atom is 0.329 e. The Kier molecular flexibility index (Phi) is 7.25. The summed E-state index contributed by atoms with van der Waals surface area (Å²) in [4.78, 5) is 46.2. The highest BCUT2D eigenvalue weighted by molar-refractivity contribution is 6.00. The molecule has 2 saturated heterocycles. The highest BCUT2D eigenvalue weighted by Gasteiger charge is 2.42. The average molecular weight is 501 g/mol. The minimum Gasteiger partial charge on any atom is -0.480 e. The SMILES string of the molecule is O=C(O)[C@@H]1CN(C(=O)N(c2ccccc2)c2ccccc2)CCN1C(=O)N1CCC[C@H]1C1=CCCC=C1. The number of carbonyl (C=O) groups excluding carboxylic acids is 2.